The van der Waals surface area contributed by atoms with Crippen molar-refractivity contribution in [1.82, 2.24) is 4.90 Å². The van der Waals surface area contributed by atoms with Crippen LogP contribution in [0.3, 0.4) is 0 Å². The van der Waals surface area contributed by atoms with Crippen LogP contribution < -0.4 is 0 Å². The number of carbonyl (C=O) groups is 3. The molecule has 0 radical (unpaired) electrons. The fraction of sp³-hybridized carbons (Fsp3) is 0.783. The van der Waals surface area contributed by atoms with Crippen LogP contribution in [0.1, 0.15) is 65.2 Å². The molecule has 1 saturated heterocycles. The van der Waals surface area contributed by atoms with Crippen molar-refractivity contribution in [1.29, 1.82) is 0 Å². The van der Waals surface area contributed by atoms with Gasteiger partial charge >= 0.3 is 12.1 Å². The Hall–Kier alpha value is -2.13. The van der Waals surface area contributed by atoms with Crippen LogP contribution >= 0.6 is 0 Å². The third kappa shape index (κ3) is 4.12. The van der Waals surface area contributed by atoms with Crippen molar-refractivity contribution in [2.75, 3.05) is 7.11 Å². The van der Waals surface area contributed by atoms with Crippen molar-refractivity contribution >= 4 is 18.0 Å². The summed E-state index contributed by atoms with van der Waals surface area (Å²) in [6, 6.07) is -0.273. The zero-order valence-corrected chi connectivity index (χ0v) is 19.0. The van der Waals surface area contributed by atoms with Gasteiger partial charge in [0.1, 0.15) is 11.8 Å². The Bertz CT molecular complexity index is 787. The first kappa shape index (κ1) is 23.0. The Morgan fingerprint density at radius 1 is 1.03 bits per heavy atom. The number of methoxy groups -OCH3 is 1. The molecule has 0 aromatic rings. The van der Waals surface area contributed by atoms with Gasteiger partial charge in [0.15, 0.2) is 0 Å². The second-order valence-electron chi connectivity index (χ2n) is 9.25. The van der Waals surface area contributed by atoms with Crippen LogP contribution in [0.2, 0.25) is 0 Å². The Balaban J connectivity index is 1.46. The monoisotopic (exact) mass is 451 g/mol. The van der Waals surface area contributed by atoms with Crippen molar-refractivity contribution in [3.63, 3.8) is 0 Å². The molecule has 4 aliphatic rings. The molecule has 3 fully saturated rings. The number of rotatable bonds is 6. The van der Waals surface area contributed by atoms with E-state index in [2.05, 4.69) is 0 Å². The summed E-state index contributed by atoms with van der Waals surface area (Å²) in [5, 5.41) is 10.1. The highest BCUT2D eigenvalue weighted by Crippen LogP contribution is 2.52. The topological polar surface area (TPSA) is 112 Å². The molecule has 2 aliphatic heterocycles. The molecule has 0 bridgehead atoms. The van der Waals surface area contributed by atoms with Crippen LogP contribution in [0.5, 0.6) is 0 Å². The van der Waals surface area contributed by atoms with Crippen LogP contribution in [0, 0.1) is 11.8 Å². The molecular formula is C23H33NO8. The van der Waals surface area contributed by atoms with Gasteiger partial charge in [0, 0.05) is 20.0 Å². The standard InChI is InChI=1S/C23H33NO8/c1-12(25)17-19-15-10-7-11-16(29-3)18(15)20(24(19)21(17)26)22(27)30-13(2)31-23(28)32-14-8-5-4-6-9-14/h12-17,19,25H,4-11H2,1-3H3/t12-,13?,15+,16+,17-,19?/m1/s1. The van der Waals surface area contributed by atoms with E-state index in [0.717, 1.165) is 56.9 Å². The number of fused-ring (bicyclic) bond motifs is 3. The molecule has 1 amide bonds. The number of aliphatic hydroxyl groups is 1. The summed E-state index contributed by atoms with van der Waals surface area (Å²) in [5.41, 5.74) is 0.923. The number of amides is 1. The fourth-order valence-electron chi connectivity index (χ4n) is 5.78. The van der Waals surface area contributed by atoms with E-state index in [4.69, 9.17) is 18.9 Å². The summed E-state index contributed by atoms with van der Waals surface area (Å²) in [5.74, 6) is -1.62. The molecule has 6 atom stereocenters. The molecule has 1 N–H and O–H groups in total. The van der Waals surface area contributed by atoms with E-state index < -0.39 is 30.4 Å². The molecule has 2 unspecified atom stereocenters. The van der Waals surface area contributed by atoms with Gasteiger partial charge in [-0.05, 0) is 57.4 Å². The normalized spacial score (nSPS) is 31.9. The van der Waals surface area contributed by atoms with Gasteiger partial charge in [-0.1, -0.05) is 6.42 Å². The van der Waals surface area contributed by atoms with E-state index in [1.54, 1.807) is 14.0 Å². The fourth-order valence-corrected chi connectivity index (χ4v) is 5.78. The predicted molar refractivity (Wildman–Crippen MR) is 111 cm³/mol. The smallest absolute Gasteiger partial charge is 0.431 e. The average Bonchev–Trinajstić information content (AvgIpc) is 3.04. The molecule has 2 aliphatic carbocycles. The lowest BCUT2D eigenvalue weighted by molar-refractivity contribution is -0.174. The minimum atomic E-state index is -1.17. The van der Waals surface area contributed by atoms with Crippen molar-refractivity contribution in [2.24, 2.45) is 11.8 Å². The van der Waals surface area contributed by atoms with Crippen LogP contribution in [-0.4, -0.2) is 65.8 Å². The highest BCUT2D eigenvalue weighted by atomic mass is 16.8. The first-order valence-corrected chi connectivity index (χ1v) is 11.7. The van der Waals surface area contributed by atoms with Gasteiger partial charge in [0.05, 0.1) is 24.2 Å². The summed E-state index contributed by atoms with van der Waals surface area (Å²) in [6.07, 6.45) is 3.94. The number of aliphatic hydroxyl groups excluding tert-OH is 1. The lowest BCUT2D eigenvalue weighted by atomic mass is 9.72. The zero-order chi connectivity index (χ0) is 23.0. The molecule has 4 rings (SSSR count). The molecule has 9 nitrogen and oxygen atoms in total. The summed E-state index contributed by atoms with van der Waals surface area (Å²) >= 11 is 0. The minimum Gasteiger partial charge on any atom is -0.431 e. The van der Waals surface area contributed by atoms with Crippen LogP contribution in [-0.2, 0) is 28.5 Å². The maximum atomic E-state index is 13.1. The van der Waals surface area contributed by atoms with Gasteiger partial charge in [-0.3, -0.25) is 4.79 Å². The van der Waals surface area contributed by atoms with Gasteiger partial charge < -0.3 is 29.0 Å². The Kier molecular flexibility index (Phi) is 6.76. The Morgan fingerprint density at radius 3 is 2.41 bits per heavy atom. The maximum absolute atomic E-state index is 13.1. The lowest BCUT2D eigenvalue weighted by Gasteiger charge is -2.47. The summed E-state index contributed by atoms with van der Waals surface area (Å²) in [4.78, 5) is 39.5. The second kappa shape index (κ2) is 9.39. The Labute approximate surface area is 188 Å². The summed E-state index contributed by atoms with van der Waals surface area (Å²) in [6.45, 7) is 3.04. The molecule has 178 valence electrons. The van der Waals surface area contributed by atoms with E-state index in [-0.39, 0.29) is 35.8 Å². The second-order valence-corrected chi connectivity index (χ2v) is 9.25. The Morgan fingerprint density at radius 2 is 1.75 bits per heavy atom. The molecule has 2 saturated carbocycles. The highest BCUT2D eigenvalue weighted by molar-refractivity contribution is 6.01. The van der Waals surface area contributed by atoms with Gasteiger partial charge in [-0.2, -0.15) is 0 Å². The number of β-lactam (4-membered cyclic amide) rings is 1. The molecule has 0 aromatic carbocycles. The van der Waals surface area contributed by atoms with Gasteiger partial charge in [0.25, 0.3) is 0 Å². The number of hydrogen-bond donors (Lipinski definition) is 1. The van der Waals surface area contributed by atoms with Crippen molar-refractivity contribution in [3.8, 4) is 0 Å². The van der Waals surface area contributed by atoms with E-state index in [1.165, 1.54) is 11.8 Å². The molecule has 9 heteroatoms. The van der Waals surface area contributed by atoms with Crippen molar-refractivity contribution in [3.05, 3.63) is 11.3 Å². The number of esters is 1. The molecule has 0 aromatic heterocycles. The summed E-state index contributed by atoms with van der Waals surface area (Å²) in [7, 11) is 1.58. The molecular weight excluding hydrogens is 418 g/mol. The van der Waals surface area contributed by atoms with E-state index in [1.807, 2.05) is 0 Å². The van der Waals surface area contributed by atoms with E-state index in [9.17, 15) is 19.5 Å². The van der Waals surface area contributed by atoms with Gasteiger partial charge in [-0.25, -0.2) is 9.59 Å². The van der Waals surface area contributed by atoms with E-state index in [0.29, 0.717) is 0 Å². The van der Waals surface area contributed by atoms with Gasteiger partial charge in [-0.15, -0.1) is 0 Å². The van der Waals surface area contributed by atoms with Crippen LogP contribution in [0.25, 0.3) is 0 Å². The molecule has 2 heterocycles. The number of nitrogens with zero attached hydrogens (tertiary/aromatic N) is 1. The zero-order valence-electron chi connectivity index (χ0n) is 19.0. The quantitative estimate of drug-likeness (QED) is 0.373. The highest BCUT2D eigenvalue weighted by Gasteiger charge is 2.62. The lowest BCUT2D eigenvalue weighted by Crippen LogP contribution is -2.64. The van der Waals surface area contributed by atoms with E-state index >= 15 is 0 Å². The number of carbonyl (C=O) groups excluding carboxylic acids is 3. The first-order chi connectivity index (χ1) is 15.3. The largest absolute Gasteiger partial charge is 0.511 e. The molecule has 32 heavy (non-hydrogen) atoms. The van der Waals surface area contributed by atoms with Crippen LogP contribution in [0.4, 0.5) is 4.79 Å². The number of ether oxygens (including phenoxy) is 4. The minimum absolute atomic E-state index is 0.0546. The maximum Gasteiger partial charge on any atom is 0.511 e. The van der Waals surface area contributed by atoms with Gasteiger partial charge in [0.2, 0.25) is 12.2 Å². The SMILES string of the molecule is CO[C@H]1CCC[C@H]2C1=C(C(=O)OC(C)OC(=O)OC1CCCCC1)N1C(=O)[C@H]([C@@H](C)O)C21. The van der Waals surface area contributed by atoms with Crippen LogP contribution in [0.15, 0.2) is 11.3 Å². The third-order valence-corrected chi connectivity index (χ3v) is 7.19. The number of hydrogen-bond acceptors (Lipinski definition) is 8. The predicted octanol–water partition coefficient (Wildman–Crippen LogP) is 2.65. The summed E-state index contributed by atoms with van der Waals surface area (Å²) < 4.78 is 21.5. The third-order valence-electron chi connectivity index (χ3n) is 7.19. The molecule has 0 spiro atoms. The average molecular weight is 452 g/mol. The first-order valence-electron chi connectivity index (χ1n) is 11.7. The van der Waals surface area contributed by atoms with Crippen molar-refractivity contribution < 1.29 is 38.4 Å². The van der Waals surface area contributed by atoms with Crippen molar-refractivity contribution in [2.45, 2.75) is 95.9 Å².